The number of hydrogen-bond donors (Lipinski definition) is 0. The van der Waals surface area contributed by atoms with Crippen LogP contribution < -0.4 is 0 Å². The maximum atomic E-state index is 2.68. The fraction of sp³-hybridized carbons (Fsp3) is 1.00. The molecule has 0 aromatic heterocycles. The van der Waals surface area contributed by atoms with Gasteiger partial charge >= 0.3 is 0 Å². The summed E-state index contributed by atoms with van der Waals surface area (Å²) in [4.78, 5) is 0. The molecule has 2 rings (SSSR count). The van der Waals surface area contributed by atoms with Crippen LogP contribution in [0, 0.1) is 17.3 Å². The predicted octanol–water partition coefficient (Wildman–Crippen LogP) is 4.81. The third-order valence-corrected chi connectivity index (χ3v) is 5.69. The Bertz CT molecular complexity index is 197. The molecular formula is C13H23I. The van der Waals surface area contributed by atoms with E-state index in [1.54, 1.807) is 0 Å². The molecule has 0 aromatic carbocycles. The lowest BCUT2D eigenvalue weighted by Gasteiger charge is -2.44. The molecule has 0 saturated heterocycles. The average molecular weight is 306 g/mol. The maximum absolute atomic E-state index is 2.68. The number of alkyl halides is 1. The van der Waals surface area contributed by atoms with E-state index in [0.717, 1.165) is 15.8 Å². The van der Waals surface area contributed by atoms with Gasteiger partial charge in [0.25, 0.3) is 0 Å². The molecule has 0 heterocycles. The van der Waals surface area contributed by atoms with Crippen molar-refractivity contribution in [1.29, 1.82) is 0 Å². The summed E-state index contributed by atoms with van der Waals surface area (Å²) < 4.78 is 0.969. The summed E-state index contributed by atoms with van der Waals surface area (Å²) in [5.74, 6) is 2.10. The van der Waals surface area contributed by atoms with Crippen LogP contribution >= 0.6 is 22.6 Å². The van der Waals surface area contributed by atoms with E-state index >= 15 is 0 Å². The van der Waals surface area contributed by atoms with Gasteiger partial charge in [-0.05, 0) is 42.9 Å². The van der Waals surface area contributed by atoms with Gasteiger partial charge in [-0.2, -0.15) is 0 Å². The van der Waals surface area contributed by atoms with Crippen LogP contribution in [0.3, 0.4) is 0 Å². The molecule has 2 aliphatic carbocycles. The van der Waals surface area contributed by atoms with E-state index in [-0.39, 0.29) is 0 Å². The minimum Gasteiger partial charge on any atom is -0.0826 e. The van der Waals surface area contributed by atoms with E-state index in [4.69, 9.17) is 0 Å². The Morgan fingerprint density at radius 2 is 1.86 bits per heavy atom. The molecule has 2 saturated carbocycles. The lowest BCUT2D eigenvalue weighted by atomic mass is 9.62. The second kappa shape index (κ2) is 4.31. The van der Waals surface area contributed by atoms with Crippen molar-refractivity contribution in [2.24, 2.45) is 17.3 Å². The molecule has 82 valence electrons. The Labute approximate surface area is 102 Å². The van der Waals surface area contributed by atoms with Crippen molar-refractivity contribution in [3.8, 4) is 0 Å². The Kier molecular flexibility index (Phi) is 3.45. The van der Waals surface area contributed by atoms with E-state index in [2.05, 4.69) is 36.4 Å². The van der Waals surface area contributed by atoms with Gasteiger partial charge in [-0.3, -0.25) is 0 Å². The summed E-state index contributed by atoms with van der Waals surface area (Å²) in [5, 5.41) is 0. The van der Waals surface area contributed by atoms with E-state index in [0.29, 0.717) is 5.41 Å². The second-order valence-electron chi connectivity index (χ2n) is 6.01. The molecule has 0 spiro atoms. The van der Waals surface area contributed by atoms with Crippen LogP contribution in [0.1, 0.15) is 58.8 Å². The van der Waals surface area contributed by atoms with E-state index < -0.39 is 0 Å². The maximum Gasteiger partial charge on any atom is 0.0112 e. The van der Waals surface area contributed by atoms with E-state index in [1.165, 1.54) is 44.9 Å². The van der Waals surface area contributed by atoms with Crippen LogP contribution in [0.15, 0.2) is 0 Å². The highest BCUT2D eigenvalue weighted by Crippen LogP contribution is 2.50. The van der Waals surface area contributed by atoms with Gasteiger partial charge in [-0.25, -0.2) is 0 Å². The zero-order chi connectivity index (χ0) is 10.2. The second-order valence-corrected chi connectivity index (χ2v) is 7.77. The van der Waals surface area contributed by atoms with Gasteiger partial charge in [0, 0.05) is 3.92 Å². The lowest BCUT2D eigenvalue weighted by Crippen LogP contribution is -2.34. The Hall–Kier alpha value is 0.730. The van der Waals surface area contributed by atoms with Crippen molar-refractivity contribution in [3.63, 3.8) is 0 Å². The summed E-state index contributed by atoms with van der Waals surface area (Å²) in [6.07, 6.45) is 10.5. The van der Waals surface area contributed by atoms with Crippen molar-refractivity contribution in [3.05, 3.63) is 0 Å². The van der Waals surface area contributed by atoms with Gasteiger partial charge in [-0.1, -0.05) is 55.7 Å². The Balaban J connectivity index is 2.11. The first-order valence-electron chi connectivity index (χ1n) is 6.24. The van der Waals surface area contributed by atoms with Gasteiger partial charge in [0.15, 0.2) is 0 Å². The van der Waals surface area contributed by atoms with Crippen LogP contribution in [0.25, 0.3) is 0 Å². The highest BCUT2D eigenvalue weighted by Gasteiger charge is 2.40. The molecule has 0 nitrogen and oxygen atoms in total. The van der Waals surface area contributed by atoms with Crippen LogP contribution in [-0.2, 0) is 0 Å². The third kappa shape index (κ3) is 2.28. The fourth-order valence-corrected chi connectivity index (χ4v) is 4.85. The lowest BCUT2D eigenvalue weighted by molar-refractivity contribution is 0.0692. The SMILES string of the molecule is CC1(C)CCCC2CC(I)CCCC21. The normalized spacial score (nSPS) is 42.6. The summed E-state index contributed by atoms with van der Waals surface area (Å²) in [5.41, 5.74) is 0.642. The van der Waals surface area contributed by atoms with Gasteiger partial charge in [0.2, 0.25) is 0 Å². The summed E-state index contributed by atoms with van der Waals surface area (Å²) in [6, 6.07) is 0. The molecule has 0 aromatic rings. The summed E-state index contributed by atoms with van der Waals surface area (Å²) in [6.45, 7) is 5.02. The predicted molar refractivity (Wildman–Crippen MR) is 70.9 cm³/mol. The molecule has 0 aliphatic heterocycles. The van der Waals surface area contributed by atoms with Gasteiger partial charge in [-0.15, -0.1) is 0 Å². The fourth-order valence-electron chi connectivity index (χ4n) is 3.76. The molecule has 0 N–H and O–H groups in total. The molecule has 0 amide bonds. The first-order valence-corrected chi connectivity index (χ1v) is 7.48. The van der Waals surface area contributed by atoms with Crippen LogP contribution in [0.2, 0.25) is 0 Å². The zero-order valence-electron chi connectivity index (χ0n) is 9.56. The molecule has 3 atom stereocenters. The quantitative estimate of drug-likeness (QED) is 0.445. The highest BCUT2D eigenvalue weighted by molar-refractivity contribution is 14.1. The van der Waals surface area contributed by atoms with Gasteiger partial charge in [0.1, 0.15) is 0 Å². The van der Waals surface area contributed by atoms with Crippen molar-refractivity contribution >= 4 is 22.6 Å². The number of fused-ring (bicyclic) bond motifs is 1. The molecule has 1 heteroatoms. The van der Waals surface area contributed by atoms with Gasteiger partial charge < -0.3 is 0 Å². The first kappa shape index (κ1) is 11.2. The minimum atomic E-state index is 0.642. The molecule has 0 bridgehead atoms. The highest BCUT2D eigenvalue weighted by atomic mass is 127. The molecule has 3 unspecified atom stereocenters. The van der Waals surface area contributed by atoms with Crippen LogP contribution in [-0.4, -0.2) is 3.92 Å². The van der Waals surface area contributed by atoms with Gasteiger partial charge in [0.05, 0.1) is 0 Å². The van der Waals surface area contributed by atoms with Crippen molar-refractivity contribution in [2.45, 2.75) is 62.7 Å². The van der Waals surface area contributed by atoms with Crippen LogP contribution in [0.5, 0.6) is 0 Å². The van der Waals surface area contributed by atoms with E-state index in [1.807, 2.05) is 0 Å². The molecule has 0 radical (unpaired) electrons. The van der Waals surface area contributed by atoms with Crippen molar-refractivity contribution in [2.75, 3.05) is 0 Å². The summed E-state index contributed by atoms with van der Waals surface area (Å²) >= 11 is 2.68. The molecule has 2 fully saturated rings. The first-order chi connectivity index (χ1) is 6.59. The number of hydrogen-bond acceptors (Lipinski definition) is 0. The number of rotatable bonds is 0. The van der Waals surface area contributed by atoms with Crippen molar-refractivity contribution < 1.29 is 0 Å². The Morgan fingerprint density at radius 1 is 1.07 bits per heavy atom. The molecular weight excluding hydrogens is 283 g/mol. The summed E-state index contributed by atoms with van der Waals surface area (Å²) in [7, 11) is 0. The smallest absolute Gasteiger partial charge is 0.0112 e. The zero-order valence-corrected chi connectivity index (χ0v) is 11.7. The topological polar surface area (TPSA) is 0 Å². The molecule has 14 heavy (non-hydrogen) atoms. The van der Waals surface area contributed by atoms with Crippen LogP contribution in [0.4, 0.5) is 0 Å². The van der Waals surface area contributed by atoms with E-state index in [9.17, 15) is 0 Å². The monoisotopic (exact) mass is 306 g/mol. The van der Waals surface area contributed by atoms with Crippen molar-refractivity contribution in [1.82, 2.24) is 0 Å². The Morgan fingerprint density at radius 3 is 2.64 bits per heavy atom. The minimum absolute atomic E-state index is 0.642. The molecule has 2 aliphatic rings. The largest absolute Gasteiger partial charge is 0.0826 e. The standard InChI is InChI=1S/C13H23I/c1-13(2)8-4-5-10-9-11(14)6-3-7-12(10)13/h10-12H,3-9H2,1-2H3. The number of halogens is 1. The third-order valence-electron chi connectivity index (χ3n) is 4.56. The average Bonchev–Trinajstić information content (AvgIpc) is 2.26.